The van der Waals surface area contributed by atoms with Crippen LogP contribution in [0.4, 0.5) is 18.9 Å². The Hall–Kier alpha value is -1.99. The number of ether oxygens (including phenoxy) is 2. The van der Waals surface area contributed by atoms with Gasteiger partial charge in [-0.05, 0) is 13.0 Å². The summed E-state index contributed by atoms with van der Waals surface area (Å²) in [6.07, 6.45) is -4.90. The molecule has 0 unspecified atom stereocenters. The van der Waals surface area contributed by atoms with Gasteiger partial charge in [0.1, 0.15) is 0 Å². The Morgan fingerprint density at radius 2 is 2.12 bits per heavy atom. The summed E-state index contributed by atoms with van der Waals surface area (Å²) in [4.78, 5) is 14.6. The van der Waals surface area contributed by atoms with Crippen LogP contribution in [0.3, 0.4) is 0 Å². The quantitative estimate of drug-likeness (QED) is 0.827. The van der Waals surface area contributed by atoms with Crippen molar-refractivity contribution in [3.05, 3.63) is 17.8 Å². The van der Waals surface area contributed by atoms with Crippen molar-refractivity contribution >= 4 is 11.7 Å². The van der Waals surface area contributed by atoms with E-state index in [4.69, 9.17) is 5.73 Å². The first-order chi connectivity index (χ1) is 7.81. The van der Waals surface area contributed by atoms with Gasteiger partial charge in [0, 0.05) is 11.8 Å². The third-order valence-corrected chi connectivity index (χ3v) is 1.53. The summed E-state index contributed by atoms with van der Waals surface area (Å²) in [6, 6.07) is 1.96. The maximum atomic E-state index is 11.9. The number of halogens is 3. The molecule has 1 heterocycles. The maximum Gasteiger partial charge on any atom is 0.574 e. The molecule has 5 nitrogen and oxygen atoms in total. The first kappa shape index (κ1) is 13.1. The van der Waals surface area contributed by atoms with Gasteiger partial charge in [0.25, 0.3) is 0 Å². The van der Waals surface area contributed by atoms with Gasteiger partial charge in [-0.1, -0.05) is 0 Å². The van der Waals surface area contributed by atoms with E-state index in [1.165, 1.54) is 0 Å². The second kappa shape index (κ2) is 4.89. The number of pyridine rings is 1. The number of anilines is 1. The van der Waals surface area contributed by atoms with Gasteiger partial charge >= 0.3 is 12.3 Å². The Kier molecular flexibility index (Phi) is 3.77. The number of hydrogen-bond donors (Lipinski definition) is 1. The first-order valence-electron chi connectivity index (χ1n) is 4.52. The third-order valence-electron chi connectivity index (χ3n) is 1.53. The SMILES string of the molecule is CCOC(=O)c1cc(N)cc(OC(F)(F)F)n1. The smallest absolute Gasteiger partial charge is 0.461 e. The van der Waals surface area contributed by atoms with Gasteiger partial charge in [-0.15, -0.1) is 13.2 Å². The summed E-state index contributed by atoms with van der Waals surface area (Å²) in [5.41, 5.74) is 4.89. The molecule has 0 aliphatic rings. The predicted octanol–water partition coefficient (Wildman–Crippen LogP) is 1.74. The van der Waals surface area contributed by atoms with Crippen molar-refractivity contribution in [1.29, 1.82) is 0 Å². The van der Waals surface area contributed by atoms with E-state index in [1.807, 2.05) is 0 Å². The van der Waals surface area contributed by atoms with Gasteiger partial charge in [0.2, 0.25) is 5.88 Å². The van der Waals surface area contributed by atoms with Gasteiger partial charge in [-0.25, -0.2) is 9.78 Å². The molecule has 0 fully saturated rings. The summed E-state index contributed by atoms with van der Waals surface area (Å²) in [5.74, 6) is -1.67. The van der Waals surface area contributed by atoms with E-state index in [0.717, 1.165) is 12.1 Å². The highest BCUT2D eigenvalue weighted by atomic mass is 19.4. The molecule has 1 aromatic rings. The van der Waals surface area contributed by atoms with Crippen LogP contribution in [0.15, 0.2) is 12.1 Å². The van der Waals surface area contributed by atoms with Crippen molar-refractivity contribution in [1.82, 2.24) is 4.98 Å². The van der Waals surface area contributed by atoms with Crippen molar-refractivity contribution in [2.45, 2.75) is 13.3 Å². The zero-order valence-electron chi connectivity index (χ0n) is 8.75. The lowest BCUT2D eigenvalue weighted by Gasteiger charge is -2.09. The number of esters is 1. The monoisotopic (exact) mass is 250 g/mol. The van der Waals surface area contributed by atoms with Crippen LogP contribution in [0.5, 0.6) is 5.88 Å². The van der Waals surface area contributed by atoms with Crippen molar-refractivity contribution in [2.24, 2.45) is 0 Å². The van der Waals surface area contributed by atoms with E-state index >= 15 is 0 Å². The maximum absolute atomic E-state index is 11.9. The molecule has 0 spiro atoms. The molecule has 1 rings (SSSR count). The van der Waals surface area contributed by atoms with Crippen LogP contribution in [0.1, 0.15) is 17.4 Å². The largest absolute Gasteiger partial charge is 0.574 e. The Balaban J connectivity index is 2.98. The van der Waals surface area contributed by atoms with E-state index in [9.17, 15) is 18.0 Å². The van der Waals surface area contributed by atoms with Crippen molar-refractivity contribution in [2.75, 3.05) is 12.3 Å². The van der Waals surface area contributed by atoms with Crippen LogP contribution in [0.25, 0.3) is 0 Å². The topological polar surface area (TPSA) is 74.4 Å². The molecule has 0 aliphatic carbocycles. The lowest BCUT2D eigenvalue weighted by atomic mass is 10.3. The first-order valence-corrected chi connectivity index (χ1v) is 4.52. The molecule has 0 saturated heterocycles. The van der Waals surface area contributed by atoms with Crippen molar-refractivity contribution < 1.29 is 27.4 Å². The molecule has 1 aromatic heterocycles. The normalized spacial score (nSPS) is 11.1. The highest BCUT2D eigenvalue weighted by Gasteiger charge is 2.32. The number of nitrogens with two attached hydrogens (primary N) is 1. The Labute approximate surface area is 94.3 Å². The van der Waals surface area contributed by atoms with E-state index in [0.29, 0.717) is 0 Å². The molecule has 17 heavy (non-hydrogen) atoms. The van der Waals surface area contributed by atoms with Crippen molar-refractivity contribution in [3.63, 3.8) is 0 Å². The van der Waals surface area contributed by atoms with Crippen LogP contribution in [-0.4, -0.2) is 23.9 Å². The van der Waals surface area contributed by atoms with Gasteiger partial charge in [-0.2, -0.15) is 0 Å². The number of nitrogen functional groups attached to an aromatic ring is 1. The number of nitrogens with zero attached hydrogens (tertiary/aromatic N) is 1. The molecular weight excluding hydrogens is 241 g/mol. The zero-order chi connectivity index (χ0) is 13.1. The second-order valence-electron chi connectivity index (χ2n) is 2.89. The molecule has 0 amide bonds. The molecule has 94 valence electrons. The molecule has 0 aliphatic heterocycles. The minimum absolute atomic E-state index is 0.0742. The van der Waals surface area contributed by atoms with Gasteiger partial charge in [0.05, 0.1) is 6.61 Å². The van der Waals surface area contributed by atoms with Crippen LogP contribution >= 0.6 is 0 Å². The van der Waals surface area contributed by atoms with Gasteiger partial charge in [-0.3, -0.25) is 0 Å². The molecule has 0 bridgehead atoms. The number of rotatable bonds is 3. The lowest BCUT2D eigenvalue weighted by Crippen LogP contribution is -2.19. The average Bonchev–Trinajstić information content (AvgIpc) is 2.14. The molecule has 0 saturated carbocycles. The van der Waals surface area contributed by atoms with E-state index < -0.39 is 18.2 Å². The lowest BCUT2D eigenvalue weighted by molar-refractivity contribution is -0.276. The number of carbonyl (C=O) groups excluding carboxylic acids is 1. The van der Waals surface area contributed by atoms with E-state index in [2.05, 4.69) is 14.5 Å². The molecular formula is C9H9F3N2O3. The van der Waals surface area contributed by atoms with Crippen LogP contribution in [0, 0.1) is 0 Å². The molecule has 0 aromatic carbocycles. The molecule has 8 heteroatoms. The van der Waals surface area contributed by atoms with E-state index in [1.54, 1.807) is 6.92 Å². The highest BCUT2D eigenvalue weighted by Crippen LogP contribution is 2.23. The fraction of sp³-hybridized carbons (Fsp3) is 0.333. The summed E-state index contributed by atoms with van der Waals surface area (Å²) < 4.78 is 43.9. The molecule has 0 radical (unpaired) electrons. The number of aromatic nitrogens is 1. The number of hydrogen-bond acceptors (Lipinski definition) is 5. The second-order valence-corrected chi connectivity index (χ2v) is 2.89. The summed E-state index contributed by atoms with van der Waals surface area (Å²) in [6.45, 7) is 1.63. The fourth-order valence-corrected chi connectivity index (χ4v) is 1.01. The average molecular weight is 250 g/mol. The minimum atomic E-state index is -4.90. The molecule has 0 atom stereocenters. The summed E-state index contributed by atoms with van der Waals surface area (Å²) >= 11 is 0. The summed E-state index contributed by atoms with van der Waals surface area (Å²) in [5, 5.41) is 0. The summed E-state index contributed by atoms with van der Waals surface area (Å²) in [7, 11) is 0. The minimum Gasteiger partial charge on any atom is -0.461 e. The van der Waals surface area contributed by atoms with Gasteiger partial charge in [0.15, 0.2) is 5.69 Å². The zero-order valence-corrected chi connectivity index (χ0v) is 8.75. The Morgan fingerprint density at radius 1 is 1.47 bits per heavy atom. The van der Waals surface area contributed by atoms with Crippen molar-refractivity contribution in [3.8, 4) is 5.88 Å². The predicted molar refractivity (Wildman–Crippen MR) is 51.3 cm³/mol. The third kappa shape index (κ3) is 4.17. The van der Waals surface area contributed by atoms with Crippen LogP contribution in [0.2, 0.25) is 0 Å². The van der Waals surface area contributed by atoms with E-state index in [-0.39, 0.29) is 18.0 Å². The fourth-order valence-electron chi connectivity index (χ4n) is 1.01. The number of carbonyl (C=O) groups is 1. The number of alkyl halides is 3. The molecule has 2 N–H and O–H groups in total. The van der Waals surface area contributed by atoms with Crippen LogP contribution < -0.4 is 10.5 Å². The Morgan fingerprint density at radius 3 is 2.65 bits per heavy atom. The Bertz CT molecular complexity index is 420. The van der Waals surface area contributed by atoms with Crippen LogP contribution in [-0.2, 0) is 4.74 Å². The van der Waals surface area contributed by atoms with Gasteiger partial charge < -0.3 is 15.2 Å². The highest BCUT2D eigenvalue weighted by molar-refractivity contribution is 5.88. The standard InChI is InChI=1S/C9H9F3N2O3/c1-2-16-8(15)6-3-5(13)4-7(14-6)17-9(10,11)12/h3-4H,2H2,1H3,(H2,13,14).